The Balaban J connectivity index is 2.71. The fourth-order valence-corrected chi connectivity index (χ4v) is 2.62. The Morgan fingerprint density at radius 2 is 1.94 bits per heavy atom. The van der Waals surface area contributed by atoms with E-state index in [4.69, 9.17) is 9.47 Å². The van der Waals surface area contributed by atoms with E-state index in [0.29, 0.717) is 12.4 Å². The van der Waals surface area contributed by atoms with Crippen molar-refractivity contribution >= 4 is 0 Å². The molecule has 1 aliphatic heterocycles. The molecule has 0 radical (unpaired) electrons. The minimum absolute atomic E-state index is 0.417. The van der Waals surface area contributed by atoms with E-state index >= 15 is 0 Å². The fourth-order valence-electron chi connectivity index (χ4n) is 2.62. The van der Waals surface area contributed by atoms with Gasteiger partial charge in [-0.3, -0.25) is 0 Å². The van der Waals surface area contributed by atoms with E-state index in [0.717, 1.165) is 53.9 Å². The second kappa shape index (κ2) is 4.86. The van der Waals surface area contributed by atoms with Crippen LogP contribution < -0.4 is 9.47 Å². The van der Waals surface area contributed by atoms with Crippen LogP contribution >= 0.6 is 0 Å². The number of methoxy groups -OCH3 is 1. The van der Waals surface area contributed by atoms with Gasteiger partial charge in [0.25, 0.3) is 0 Å². The lowest BCUT2D eigenvalue weighted by Crippen LogP contribution is -2.12. The number of benzene rings is 1. The standard InChI is InChI=1S/C14H20O3/c1-4-9-10(5-2)13(16-3)14-11(12(9)15)7-6-8-17-14/h15H,4-8H2,1-3H3. The third-order valence-electron chi connectivity index (χ3n) is 3.42. The Labute approximate surface area is 102 Å². The zero-order valence-electron chi connectivity index (χ0n) is 10.8. The first kappa shape index (κ1) is 12.1. The molecule has 0 spiro atoms. The van der Waals surface area contributed by atoms with Gasteiger partial charge in [-0.15, -0.1) is 0 Å². The number of aromatic hydroxyl groups is 1. The average molecular weight is 236 g/mol. The molecule has 0 bridgehead atoms. The van der Waals surface area contributed by atoms with Crippen LogP contribution in [0.4, 0.5) is 0 Å². The molecule has 1 heterocycles. The van der Waals surface area contributed by atoms with Crippen molar-refractivity contribution in [1.82, 2.24) is 0 Å². The van der Waals surface area contributed by atoms with Gasteiger partial charge >= 0.3 is 0 Å². The number of fused-ring (bicyclic) bond motifs is 1. The van der Waals surface area contributed by atoms with Gasteiger partial charge in [0.05, 0.1) is 13.7 Å². The first-order valence-corrected chi connectivity index (χ1v) is 6.30. The Bertz CT molecular complexity index is 407. The van der Waals surface area contributed by atoms with Crippen LogP contribution in [0.5, 0.6) is 17.2 Å². The number of hydrogen-bond acceptors (Lipinski definition) is 3. The molecule has 0 amide bonds. The zero-order chi connectivity index (χ0) is 12.4. The maximum Gasteiger partial charge on any atom is 0.168 e. The zero-order valence-corrected chi connectivity index (χ0v) is 10.8. The second-order valence-corrected chi connectivity index (χ2v) is 4.31. The molecular weight excluding hydrogens is 216 g/mol. The molecule has 94 valence electrons. The first-order chi connectivity index (χ1) is 8.24. The molecule has 0 atom stereocenters. The SMILES string of the molecule is CCc1c(O)c2c(c(OC)c1CC)OCCC2. The summed E-state index contributed by atoms with van der Waals surface area (Å²) < 4.78 is 11.2. The van der Waals surface area contributed by atoms with Crippen molar-refractivity contribution in [3.8, 4) is 17.2 Å². The second-order valence-electron chi connectivity index (χ2n) is 4.31. The van der Waals surface area contributed by atoms with Gasteiger partial charge in [-0.1, -0.05) is 13.8 Å². The van der Waals surface area contributed by atoms with Crippen LogP contribution in [-0.2, 0) is 19.3 Å². The summed E-state index contributed by atoms with van der Waals surface area (Å²) in [5.41, 5.74) is 3.00. The molecule has 1 aliphatic rings. The molecule has 0 aliphatic carbocycles. The van der Waals surface area contributed by atoms with Crippen LogP contribution in [0.3, 0.4) is 0 Å². The maximum atomic E-state index is 10.3. The summed E-state index contributed by atoms with van der Waals surface area (Å²) in [6.45, 7) is 4.84. The fraction of sp³-hybridized carbons (Fsp3) is 0.571. The Kier molecular flexibility index (Phi) is 3.46. The largest absolute Gasteiger partial charge is 0.507 e. The topological polar surface area (TPSA) is 38.7 Å². The minimum Gasteiger partial charge on any atom is -0.507 e. The van der Waals surface area contributed by atoms with Crippen molar-refractivity contribution in [1.29, 1.82) is 0 Å². The van der Waals surface area contributed by atoms with Crippen LogP contribution in [0.2, 0.25) is 0 Å². The number of hydrogen-bond donors (Lipinski definition) is 1. The summed E-state index contributed by atoms with van der Waals surface area (Å²) in [6, 6.07) is 0. The van der Waals surface area contributed by atoms with Gasteiger partial charge in [0, 0.05) is 16.7 Å². The monoisotopic (exact) mass is 236 g/mol. The van der Waals surface area contributed by atoms with E-state index in [9.17, 15) is 5.11 Å². The van der Waals surface area contributed by atoms with Crippen molar-refractivity contribution in [3.05, 3.63) is 16.7 Å². The smallest absolute Gasteiger partial charge is 0.168 e. The van der Waals surface area contributed by atoms with E-state index in [1.165, 1.54) is 0 Å². The van der Waals surface area contributed by atoms with Gasteiger partial charge in [-0.05, 0) is 25.7 Å². The lowest BCUT2D eigenvalue weighted by Gasteiger charge is -2.25. The molecule has 0 saturated heterocycles. The van der Waals surface area contributed by atoms with Crippen molar-refractivity contribution < 1.29 is 14.6 Å². The van der Waals surface area contributed by atoms with E-state index < -0.39 is 0 Å². The van der Waals surface area contributed by atoms with Crippen molar-refractivity contribution in [2.24, 2.45) is 0 Å². The van der Waals surface area contributed by atoms with Crippen molar-refractivity contribution in [2.75, 3.05) is 13.7 Å². The minimum atomic E-state index is 0.417. The molecule has 0 aromatic heterocycles. The first-order valence-electron chi connectivity index (χ1n) is 6.30. The molecule has 2 rings (SSSR count). The molecule has 3 heteroatoms. The van der Waals surface area contributed by atoms with Crippen LogP contribution in [0.15, 0.2) is 0 Å². The molecule has 17 heavy (non-hydrogen) atoms. The Hall–Kier alpha value is -1.38. The highest BCUT2D eigenvalue weighted by atomic mass is 16.5. The van der Waals surface area contributed by atoms with E-state index in [-0.39, 0.29) is 0 Å². The van der Waals surface area contributed by atoms with Gasteiger partial charge in [0.2, 0.25) is 0 Å². The third-order valence-corrected chi connectivity index (χ3v) is 3.42. The van der Waals surface area contributed by atoms with Gasteiger partial charge in [0.15, 0.2) is 11.5 Å². The van der Waals surface area contributed by atoms with Crippen molar-refractivity contribution in [3.63, 3.8) is 0 Å². The summed E-state index contributed by atoms with van der Waals surface area (Å²) >= 11 is 0. The van der Waals surface area contributed by atoms with E-state index in [2.05, 4.69) is 13.8 Å². The highest BCUT2D eigenvalue weighted by Crippen LogP contribution is 2.46. The summed E-state index contributed by atoms with van der Waals surface area (Å²) in [7, 11) is 1.67. The predicted octanol–water partition coefficient (Wildman–Crippen LogP) is 2.85. The lowest BCUT2D eigenvalue weighted by molar-refractivity contribution is 0.263. The third kappa shape index (κ3) is 1.84. The Morgan fingerprint density at radius 3 is 2.53 bits per heavy atom. The number of phenolic OH excluding ortho intramolecular Hbond substituents is 1. The normalized spacial score (nSPS) is 14.1. The van der Waals surface area contributed by atoms with Crippen molar-refractivity contribution in [2.45, 2.75) is 39.5 Å². The quantitative estimate of drug-likeness (QED) is 0.877. The van der Waals surface area contributed by atoms with Gasteiger partial charge in [-0.2, -0.15) is 0 Å². The summed E-state index contributed by atoms with van der Waals surface area (Å²) in [5, 5.41) is 10.3. The Morgan fingerprint density at radius 1 is 1.24 bits per heavy atom. The number of rotatable bonds is 3. The van der Waals surface area contributed by atoms with E-state index in [1.54, 1.807) is 7.11 Å². The maximum absolute atomic E-state index is 10.3. The molecule has 3 nitrogen and oxygen atoms in total. The van der Waals surface area contributed by atoms with Gasteiger partial charge < -0.3 is 14.6 Å². The average Bonchev–Trinajstić information content (AvgIpc) is 2.38. The molecular formula is C14H20O3. The molecule has 1 aromatic carbocycles. The molecule has 1 N–H and O–H groups in total. The van der Waals surface area contributed by atoms with Crippen LogP contribution in [-0.4, -0.2) is 18.8 Å². The van der Waals surface area contributed by atoms with Crippen LogP contribution in [0.25, 0.3) is 0 Å². The molecule has 0 fully saturated rings. The van der Waals surface area contributed by atoms with E-state index in [1.807, 2.05) is 0 Å². The molecule has 0 saturated carbocycles. The lowest BCUT2D eigenvalue weighted by atomic mass is 9.93. The predicted molar refractivity (Wildman–Crippen MR) is 67.2 cm³/mol. The number of phenols is 1. The number of ether oxygens (including phenoxy) is 2. The van der Waals surface area contributed by atoms with Crippen LogP contribution in [0, 0.1) is 0 Å². The van der Waals surface area contributed by atoms with Gasteiger partial charge in [0.1, 0.15) is 5.75 Å². The highest BCUT2D eigenvalue weighted by Gasteiger charge is 2.25. The summed E-state index contributed by atoms with van der Waals surface area (Å²) in [6.07, 6.45) is 3.49. The van der Waals surface area contributed by atoms with Crippen LogP contribution in [0.1, 0.15) is 37.0 Å². The molecule has 1 aromatic rings. The summed E-state index contributed by atoms with van der Waals surface area (Å²) in [4.78, 5) is 0. The summed E-state index contributed by atoms with van der Waals surface area (Å²) in [5.74, 6) is 1.99. The van der Waals surface area contributed by atoms with Gasteiger partial charge in [-0.25, -0.2) is 0 Å². The molecule has 0 unspecified atom stereocenters. The highest BCUT2D eigenvalue weighted by molar-refractivity contribution is 5.63.